The molecular formula is C26H32F6N4O6. The van der Waals surface area contributed by atoms with E-state index < -0.39 is 24.3 Å². The summed E-state index contributed by atoms with van der Waals surface area (Å²) in [5.41, 5.74) is 2.31. The van der Waals surface area contributed by atoms with Gasteiger partial charge in [-0.2, -0.15) is 31.3 Å². The molecular weight excluding hydrogens is 578 g/mol. The zero-order valence-electron chi connectivity index (χ0n) is 23.0. The summed E-state index contributed by atoms with van der Waals surface area (Å²) >= 11 is 0. The van der Waals surface area contributed by atoms with Crippen molar-refractivity contribution in [2.75, 3.05) is 19.6 Å². The first-order chi connectivity index (χ1) is 19.4. The Hall–Kier alpha value is -3.40. The van der Waals surface area contributed by atoms with Gasteiger partial charge in [0, 0.05) is 43.2 Å². The zero-order valence-corrected chi connectivity index (χ0v) is 23.0. The van der Waals surface area contributed by atoms with Gasteiger partial charge >= 0.3 is 24.3 Å². The third-order valence-electron chi connectivity index (χ3n) is 7.67. The number of hydrogen-bond donors (Lipinski definition) is 2. The molecule has 1 saturated heterocycles. The van der Waals surface area contributed by atoms with Crippen molar-refractivity contribution < 1.29 is 50.6 Å². The van der Waals surface area contributed by atoms with Crippen molar-refractivity contribution in [1.82, 2.24) is 19.4 Å². The molecule has 5 rings (SSSR count). The van der Waals surface area contributed by atoms with Crippen molar-refractivity contribution in [3.05, 3.63) is 51.6 Å². The number of carboxylic acid groups (broad SMARTS) is 2. The highest BCUT2D eigenvalue weighted by atomic mass is 19.4. The van der Waals surface area contributed by atoms with Crippen molar-refractivity contribution in [3.63, 3.8) is 0 Å². The van der Waals surface area contributed by atoms with E-state index in [1.807, 2.05) is 12.1 Å². The van der Waals surface area contributed by atoms with Crippen molar-refractivity contribution in [1.29, 1.82) is 0 Å². The molecule has 0 aromatic carbocycles. The van der Waals surface area contributed by atoms with E-state index in [0.717, 1.165) is 82.1 Å². The number of alkyl halides is 6. The Morgan fingerprint density at radius 1 is 1.00 bits per heavy atom. The van der Waals surface area contributed by atoms with E-state index in [4.69, 9.17) is 24.2 Å². The second kappa shape index (κ2) is 12.9. The lowest BCUT2D eigenvalue weighted by molar-refractivity contribution is -0.193. The first-order valence-electron chi connectivity index (χ1n) is 13.2. The Morgan fingerprint density at radius 2 is 1.55 bits per heavy atom. The number of nitrogens with zero attached hydrogens (tertiary/aromatic N) is 4. The Balaban J connectivity index is 0.000000289. The number of carbonyl (C=O) groups is 2. The predicted octanol–water partition coefficient (Wildman–Crippen LogP) is 3.81. The minimum Gasteiger partial charge on any atom is -0.475 e. The molecule has 0 saturated carbocycles. The van der Waals surface area contributed by atoms with Gasteiger partial charge in [-0.05, 0) is 58.3 Å². The highest BCUT2D eigenvalue weighted by Gasteiger charge is 2.45. The predicted molar refractivity (Wildman–Crippen MR) is 135 cm³/mol. The average molecular weight is 611 g/mol. The molecule has 16 heteroatoms. The molecule has 5 heterocycles. The molecule has 3 aliphatic rings. The van der Waals surface area contributed by atoms with Gasteiger partial charge in [-0.25, -0.2) is 9.59 Å². The van der Waals surface area contributed by atoms with Crippen LogP contribution in [-0.2, 0) is 41.1 Å². The minimum atomic E-state index is -5.08. The molecule has 0 amide bonds. The molecule has 1 spiro atoms. The van der Waals surface area contributed by atoms with Crippen molar-refractivity contribution in [2.45, 2.75) is 83.0 Å². The maximum Gasteiger partial charge on any atom is 0.490 e. The molecule has 2 aromatic heterocycles. The summed E-state index contributed by atoms with van der Waals surface area (Å²) in [6, 6.07) is 4.47. The maximum atomic E-state index is 12.9. The van der Waals surface area contributed by atoms with Gasteiger partial charge in [0.2, 0.25) is 0 Å². The third kappa shape index (κ3) is 7.91. The number of aromatic nitrogens is 2. The van der Waals surface area contributed by atoms with E-state index in [1.165, 1.54) is 5.69 Å². The second-order valence-electron chi connectivity index (χ2n) is 10.6. The van der Waals surface area contributed by atoms with Crippen LogP contribution in [0.25, 0.3) is 0 Å². The van der Waals surface area contributed by atoms with Crippen LogP contribution >= 0.6 is 0 Å². The van der Waals surface area contributed by atoms with Crippen LogP contribution in [0.1, 0.15) is 56.0 Å². The zero-order chi connectivity index (χ0) is 31.5. The summed E-state index contributed by atoms with van der Waals surface area (Å²) < 4.78 is 71.4. The van der Waals surface area contributed by atoms with Crippen molar-refractivity contribution in [3.8, 4) is 0 Å². The molecule has 2 N–H and O–H groups in total. The van der Waals surface area contributed by atoms with Crippen LogP contribution in [0.3, 0.4) is 0 Å². The van der Waals surface area contributed by atoms with Crippen molar-refractivity contribution >= 4 is 11.9 Å². The van der Waals surface area contributed by atoms with Crippen LogP contribution in [0.2, 0.25) is 0 Å². The van der Waals surface area contributed by atoms with E-state index in [-0.39, 0.29) is 11.0 Å². The number of furan rings is 1. The van der Waals surface area contributed by atoms with Crippen LogP contribution in [0.4, 0.5) is 26.3 Å². The highest BCUT2D eigenvalue weighted by Crippen LogP contribution is 2.43. The quantitative estimate of drug-likeness (QED) is 0.499. The summed E-state index contributed by atoms with van der Waals surface area (Å²) in [6.45, 7) is 10.2. The molecule has 0 unspecified atom stereocenters. The first kappa shape index (κ1) is 33.1. The summed E-state index contributed by atoms with van der Waals surface area (Å²) in [7, 11) is 0. The van der Waals surface area contributed by atoms with Crippen LogP contribution in [0.5, 0.6) is 0 Å². The average Bonchev–Trinajstić information content (AvgIpc) is 3.53. The lowest BCUT2D eigenvalue weighted by Gasteiger charge is -2.39. The number of carboxylic acids is 2. The fourth-order valence-electron chi connectivity index (χ4n) is 5.37. The van der Waals surface area contributed by atoms with E-state index in [9.17, 15) is 31.1 Å². The third-order valence-corrected chi connectivity index (χ3v) is 7.67. The summed E-state index contributed by atoms with van der Waals surface area (Å²) in [5, 5.41) is 14.2. The van der Waals surface area contributed by atoms with Crippen LogP contribution in [0, 0.1) is 0 Å². The topological polar surface area (TPSA) is 129 Å². The maximum absolute atomic E-state index is 12.9. The highest BCUT2D eigenvalue weighted by molar-refractivity contribution is 5.73. The number of piperidine rings is 1. The molecule has 234 valence electrons. The molecule has 0 radical (unpaired) electrons. The molecule has 10 nitrogen and oxygen atoms in total. The lowest BCUT2D eigenvalue weighted by atomic mass is 9.76. The molecule has 42 heavy (non-hydrogen) atoms. The Labute approximate surface area is 236 Å². The SMILES string of the molecule is CC(C)N1CCc2c(c(=O)nc3n2CCC32CCN(Cc3ccco3)CC2)C1.O=C(O)C(F)(F)F.O=C(O)C(F)(F)F. The van der Waals surface area contributed by atoms with Gasteiger partial charge in [0.15, 0.2) is 0 Å². The fourth-order valence-corrected chi connectivity index (χ4v) is 5.37. The lowest BCUT2D eigenvalue weighted by Crippen LogP contribution is -2.44. The van der Waals surface area contributed by atoms with Gasteiger partial charge in [0.1, 0.15) is 11.6 Å². The number of likely N-dealkylation sites (tertiary alicyclic amines) is 1. The molecule has 2 aromatic rings. The number of halogens is 6. The van der Waals surface area contributed by atoms with Crippen LogP contribution in [-0.4, -0.2) is 79.5 Å². The molecule has 0 atom stereocenters. The Kier molecular flexibility index (Phi) is 10.1. The largest absolute Gasteiger partial charge is 0.490 e. The number of aliphatic carboxylic acids is 2. The number of hydrogen-bond acceptors (Lipinski definition) is 7. The molecule has 0 bridgehead atoms. The van der Waals surface area contributed by atoms with Crippen LogP contribution < -0.4 is 5.56 Å². The first-order valence-corrected chi connectivity index (χ1v) is 13.2. The van der Waals surface area contributed by atoms with Crippen molar-refractivity contribution in [2.24, 2.45) is 0 Å². The van der Waals surface area contributed by atoms with E-state index in [2.05, 4.69) is 33.2 Å². The molecule has 1 fully saturated rings. The van der Waals surface area contributed by atoms with E-state index >= 15 is 0 Å². The van der Waals surface area contributed by atoms with Crippen LogP contribution in [0.15, 0.2) is 27.6 Å². The van der Waals surface area contributed by atoms with E-state index in [1.54, 1.807) is 6.26 Å². The van der Waals surface area contributed by atoms with E-state index in [0.29, 0.717) is 6.04 Å². The standard InChI is InChI=1S/C22H30N4O2.2C2HF3O2/c1-16(2)25-9-5-19-18(15-25)20(27)23-21-22(8-12-26(19)21)6-10-24(11-7-22)14-17-4-3-13-28-17;2*3-2(4,5)1(6)7/h3-4,13,16H,5-12,14-15H2,1-2H3;2*(H,6,7). The summed E-state index contributed by atoms with van der Waals surface area (Å²) in [5.74, 6) is -3.41. The molecule has 0 aliphatic carbocycles. The second-order valence-corrected chi connectivity index (χ2v) is 10.6. The van der Waals surface area contributed by atoms with Gasteiger partial charge in [-0.1, -0.05) is 0 Å². The normalized spacial score (nSPS) is 18.4. The molecule has 3 aliphatic heterocycles. The fraction of sp³-hybridized carbons (Fsp3) is 0.615. The monoisotopic (exact) mass is 610 g/mol. The van der Waals surface area contributed by atoms with Gasteiger partial charge in [-0.15, -0.1) is 0 Å². The van der Waals surface area contributed by atoms with Gasteiger partial charge in [0.05, 0.1) is 18.4 Å². The number of rotatable bonds is 3. The summed E-state index contributed by atoms with van der Waals surface area (Å²) in [6.07, 6.45) is -4.17. The Bertz CT molecular complexity index is 1270. The van der Waals surface area contributed by atoms with Gasteiger partial charge in [0.25, 0.3) is 5.56 Å². The number of fused-ring (bicyclic) bond motifs is 4. The summed E-state index contributed by atoms with van der Waals surface area (Å²) in [4.78, 5) is 40.2. The minimum absolute atomic E-state index is 0.0193. The smallest absolute Gasteiger partial charge is 0.475 e. The Morgan fingerprint density at radius 3 is 2.02 bits per heavy atom. The van der Waals surface area contributed by atoms with Gasteiger partial charge in [-0.3, -0.25) is 14.6 Å². The van der Waals surface area contributed by atoms with Gasteiger partial charge < -0.3 is 19.2 Å².